The van der Waals surface area contributed by atoms with Crippen molar-refractivity contribution in [3.05, 3.63) is 81.0 Å². The van der Waals surface area contributed by atoms with Crippen LogP contribution >= 0.6 is 22.7 Å². The van der Waals surface area contributed by atoms with Crippen LogP contribution in [0.3, 0.4) is 0 Å². The van der Waals surface area contributed by atoms with Crippen molar-refractivity contribution in [1.82, 2.24) is 45.7 Å². The SMILES string of the molecule is Cc1nnc(N(Cc2ccc(-c3nnc(C(F)F)o3)cc2F)C(=O)N2CCOCC2)s1.Cc1nnc(NCc2ccc(-c3nnc(C(F)F)o3)cc2F)s1. The van der Waals surface area contributed by atoms with E-state index in [4.69, 9.17) is 13.6 Å². The lowest BCUT2D eigenvalue weighted by atomic mass is 10.1. The molecule has 4 aromatic heterocycles. The first-order valence-corrected chi connectivity index (χ1v) is 17.4. The molecule has 6 aromatic rings. The largest absolute Gasteiger partial charge is 0.415 e. The standard InChI is InChI=1S/C18H17F3N6O3S.C13H10F3N5OS/c1-10-22-25-17(31-10)27(18(28)26-4-6-29-7-5-26)9-12-3-2-11(8-13(12)19)15-23-24-16(30-15)14(20)21;1-6-18-21-13(23-6)17-5-8-3-2-7(4-9(8)14)11-19-20-12(22-11)10(15)16/h2-3,8,14H,4-7,9H2,1H3;2-4,10H,5H2,1H3,(H,17,21). The van der Waals surface area contributed by atoms with Crippen LogP contribution < -0.4 is 10.2 Å². The summed E-state index contributed by atoms with van der Waals surface area (Å²) in [6.45, 7) is 5.36. The van der Waals surface area contributed by atoms with Gasteiger partial charge in [-0.3, -0.25) is 4.90 Å². The fraction of sp³-hybridized carbons (Fsp3) is 0.323. The summed E-state index contributed by atoms with van der Waals surface area (Å²) in [4.78, 5) is 16.1. The van der Waals surface area contributed by atoms with E-state index in [0.29, 0.717) is 47.1 Å². The number of halogens is 6. The second-order valence-corrected chi connectivity index (χ2v) is 13.5. The Hall–Kier alpha value is -5.55. The van der Waals surface area contributed by atoms with Gasteiger partial charge in [0, 0.05) is 41.9 Å². The number of alkyl halides is 4. The Kier molecular flexibility index (Phi) is 12.1. The van der Waals surface area contributed by atoms with Crippen LogP contribution in [0, 0.1) is 25.5 Å². The lowest BCUT2D eigenvalue weighted by molar-refractivity contribution is 0.0547. The van der Waals surface area contributed by atoms with Gasteiger partial charge in [0.15, 0.2) is 0 Å². The Morgan fingerprint density at radius 2 is 1.33 bits per heavy atom. The van der Waals surface area contributed by atoms with Crippen LogP contribution in [0.2, 0.25) is 0 Å². The number of carbonyl (C=O) groups excluding carboxylic acids is 1. The van der Waals surface area contributed by atoms with Crippen molar-refractivity contribution in [2.24, 2.45) is 0 Å². The van der Waals surface area contributed by atoms with Crippen molar-refractivity contribution in [2.75, 3.05) is 36.5 Å². The number of aryl methyl sites for hydroxylation is 2. The molecule has 7 rings (SSSR count). The first-order valence-electron chi connectivity index (χ1n) is 15.7. The van der Waals surface area contributed by atoms with Crippen molar-refractivity contribution in [2.45, 2.75) is 39.8 Å². The van der Waals surface area contributed by atoms with Crippen LogP contribution in [0.1, 0.15) is 45.8 Å². The van der Waals surface area contributed by atoms with Crippen molar-refractivity contribution >= 4 is 39.0 Å². The minimum Gasteiger partial charge on any atom is -0.415 e. The minimum atomic E-state index is -2.92. The van der Waals surface area contributed by atoms with E-state index in [1.807, 2.05) is 6.92 Å². The summed E-state index contributed by atoms with van der Waals surface area (Å²) in [6.07, 6.45) is -5.78. The summed E-state index contributed by atoms with van der Waals surface area (Å²) in [5.74, 6) is -3.19. The predicted molar refractivity (Wildman–Crippen MR) is 180 cm³/mol. The molecule has 284 valence electrons. The van der Waals surface area contributed by atoms with E-state index in [1.54, 1.807) is 11.8 Å². The fourth-order valence-electron chi connectivity index (χ4n) is 4.76. The number of benzene rings is 2. The molecule has 0 saturated carbocycles. The van der Waals surface area contributed by atoms with Crippen molar-refractivity contribution in [1.29, 1.82) is 0 Å². The third-order valence-corrected chi connectivity index (χ3v) is 9.06. The number of aromatic nitrogens is 8. The Balaban J connectivity index is 0.000000193. The highest BCUT2D eigenvalue weighted by Crippen LogP contribution is 2.29. The van der Waals surface area contributed by atoms with Gasteiger partial charge in [-0.15, -0.1) is 40.8 Å². The summed E-state index contributed by atoms with van der Waals surface area (Å²) in [7, 11) is 0. The zero-order chi connectivity index (χ0) is 38.4. The van der Waals surface area contributed by atoms with Crippen molar-refractivity contribution in [3.8, 4) is 22.9 Å². The molecule has 0 radical (unpaired) electrons. The van der Waals surface area contributed by atoms with E-state index >= 15 is 0 Å². The van der Waals surface area contributed by atoms with E-state index in [9.17, 15) is 31.1 Å². The Morgan fingerprint density at radius 1 is 0.778 bits per heavy atom. The van der Waals surface area contributed by atoms with E-state index in [-0.39, 0.29) is 47.6 Å². The molecule has 1 fully saturated rings. The zero-order valence-corrected chi connectivity index (χ0v) is 29.7. The van der Waals surface area contributed by atoms with Gasteiger partial charge in [0.25, 0.3) is 11.8 Å². The van der Waals surface area contributed by atoms with Crippen LogP contribution in [-0.2, 0) is 17.8 Å². The molecule has 54 heavy (non-hydrogen) atoms. The second kappa shape index (κ2) is 17.1. The minimum absolute atomic E-state index is 0.0942. The first-order chi connectivity index (χ1) is 25.9. The quantitative estimate of drug-likeness (QED) is 0.140. The summed E-state index contributed by atoms with van der Waals surface area (Å²) in [5, 5.41) is 34.5. The number of hydrogen-bond acceptors (Lipinski definition) is 15. The summed E-state index contributed by atoms with van der Waals surface area (Å²) in [6, 6.07) is 7.85. The van der Waals surface area contributed by atoms with Gasteiger partial charge in [-0.2, -0.15) is 17.6 Å². The molecule has 1 aliphatic rings. The summed E-state index contributed by atoms with van der Waals surface area (Å²) in [5.41, 5.74) is 0.970. The molecule has 0 atom stereocenters. The number of hydrogen-bond donors (Lipinski definition) is 1. The third-order valence-electron chi connectivity index (χ3n) is 7.40. The first kappa shape index (κ1) is 38.2. The van der Waals surface area contributed by atoms with Gasteiger partial charge in [-0.25, -0.2) is 13.6 Å². The normalized spacial score (nSPS) is 13.0. The Labute approximate surface area is 309 Å². The molecule has 0 unspecified atom stereocenters. The summed E-state index contributed by atoms with van der Waals surface area (Å²) < 4.78 is 94.0. The molecular formula is C31H27F6N11O4S2. The number of morpholine rings is 1. The maximum atomic E-state index is 14.8. The number of anilines is 2. The Morgan fingerprint density at radius 3 is 1.81 bits per heavy atom. The maximum Gasteiger partial charge on any atom is 0.326 e. The van der Waals surface area contributed by atoms with Gasteiger partial charge < -0.3 is 23.8 Å². The highest BCUT2D eigenvalue weighted by molar-refractivity contribution is 7.15. The van der Waals surface area contributed by atoms with Crippen LogP contribution in [-0.4, -0.2) is 78.0 Å². The molecule has 23 heteroatoms. The number of urea groups is 1. The van der Waals surface area contributed by atoms with E-state index in [1.165, 1.54) is 51.8 Å². The molecule has 15 nitrogen and oxygen atoms in total. The second-order valence-electron chi connectivity index (χ2n) is 11.2. The topological polar surface area (TPSA) is 174 Å². The molecule has 2 aromatic carbocycles. The van der Waals surface area contributed by atoms with Crippen LogP contribution in [0.15, 0.2) is 45.2 Å². The van der Waals surface area contributed by atoms with E-state index in [0.717, 1.165) is 17.1 Å². The molecule has 0 aliphatic carbocycles. The lowest BCUT2D eigenvalue weighted by Crippen LogP contribution is -2.48. The molecule has 2 amide bonds. The van der Waals surface area contributed by atoms with E-state index < -0.39 is 36.3 Å². The zero-order valence-electron chi connectivity index (χ0n) is 28.1. The van der Waals surface area contributed by atoms with Crippen LogP contribution in [0.4, 0.5) is 41.4 Å². The average molecular weight is 796 g/mol. The number of rotatable bonds is 10. The number of nitrogens with one attached hydrogen (secondary N) is 1. The highest BCUT2D eigenvalue weighted by atomic mass is 32.1. The lowest BCUT2D eigenvalue weighted by Gasteiger charge is -2.31. The monoisotopic (exact) mass is 795 g/mol. The van der Waals surface area contributed by atoms with E-state index in [2.05, 4.69) is 46.1 Å². The smallest absolute Gasteiger partial charge is 0.326 e. The molecule has 1 aliphatic heterocycles. The van der Waals surface area contributed by atoms with Crippen LogP contribution in [0.25, 0.3) is 22.9 Å². The van der Waals surface area contributed by atoms with Gasteiger partial charge >= 0.3 is 18.9 Å². The van der Waals surface area contributed by atoms with Gasteiger partial charge in [0.2, 0.25) is 22.0 Å². The van der Waals surface area contributed by atoms with Gasteiger partial charge in [-0.05, 0) is 38.1 Å². The van der Waals surface area contributed by atoms with Gasteiger partial charge in [-0.1, -0.05) is 34.8 Å². The van der Waals surface area contributed by atoms with Crippen molar-refractivity contribution in [3.63, 3.8) is 0 Å². The molecular weight excluding hydrogens is 769 g/mol. The highest BCUT2D eigenvalue weighted by Gasteiger charge is 2.28. The Bertz CT molecular complexity index is 2190. The fourth-order valence-corrected chi connectivity index (χ4v) is 6.03. The number of ether oxygens (including phenoxy) is 1. The third kappa shape index (κ3) is 9.32. The van der Waals surface area contributed by atoms with Gasteiger partial charge in [0.1, 0.15) is 21.6 Å². The van der Waals surface area contributed by atoms with Crippen molar-refractivity contribution < 1.29 is 44.7 Å². The molecule has 5 heterocycles. The molecule has 0 bridgehead atoms. The molecule has 0 spiro atoms. The molecule has 1 N–H and O–H groups in total. The number of nitrogens with zero attached hydrogens (tertiary/aromatic N) is 10. The number of amides is 2. The van der Waals surface area contributed by atoms with Gasteiger partial charge in [0.05, 0.1) is 19.8 Å². The average Bonchev–Trinajstić information content (AvgIpc) is 3.99. The summed E-state index contributed by atoms with van der Waals surface area (Å²) >= 11 is 2.58. The van der Waals surface area contributed by atoms with Crippen LogP contribution in [0.5, 0.6) is 0 Å². The number of carbonyl (C=O) groups is 1. The predicted octanol–water partition coefficient (Wildman–Crippen LogP) is 7.02. The molecule has 1 saturated heterocycles. The maximum absolute atomic E-state index is 14.8.